The van der Waals surface area contributed by atoms with Gasteiger partial charge in [-0.15, -0.1) is 0 Å². The van der Waals surface area contributed by atoms with Crippen LogP contribution >= 0.6 is 0 Å². The van der Waals surface area contributed by atoms with E-state index in [1.54, 1.807) is 0 Å². The average Bonchev–Trinajstić information content (AvgIpc) is 3.37. The number of amides is 1. The Hall–Kier alpha value is -2.29. The van der Waals surface area contributed by atoms with E-state index >= 15 is 0 Å². The number of rotatable bonds is 7. The van der Waals surface area contributed by atoms with E-state index in [-0.39, 0.29) is 5.91 Å². The fraction of sp³-hybridized carbons (Fsp3) is 0.316. The highest BCUT2D eigenvalue weighted by atomic mass is 16.1. The highest BCUT2D eigenvalue weighted by Crippen LogP contribution is 2.19. The van der Waals surface area contributed by atoms with Crippen molar-refractivity contribution < 1.29 is 4.79 Å². The molecule has 1 aliphatic rings. The molecule has 2 aromatic rings. The normalized spacial score (nSPS) is 13.6. The first-order valence-corrected chi connectivity index (χ1v) is 8.00. The summed E-state index contributed by atoms with van der Waals surface area (Å²) in [5, 5.41) is 6.40. The van der Waals surface area contributed by atoms with Gasteiger partial charge in [-0.05, 0) is 55.5 Å². The van der Waals surface area contributed by atoms with Gasteiger partial charge in [0.1, 0.15) is 0 Å². The predicted octanol–water partition coefficient (Wildman–Crippen LogP) is 3.62. The minimum absolute atomic E-state index is 0.0399. The van der Waals surface area contributed by atoms with Crippen LogP contribution in [0, 0.1) is 0 Å². The Morgan fingerprint density at radius 1 is 1.00 bits per heavy atom. The van der Waals surface area contributed by atoms with Gasteiger partial charge < -0.3 is 10.6 Å². The molecule has 0 bridgehead atoms. The lowest BCUT2D eigenvalue weighted by Gasteiger charge is -2.08. The van der Waals surface area contributed by atoms with E-state index < -0.39 is 0 Å². The van der Waals surface area contributed by atoms with E-state index in [1.165, 1.54) is 5.56 Å². The molecule has 1 fully saturated rings. The number of hydrogen-bond acceptors (Lipinski definition) is 2. The molecule has 3 heteroatoms. The first-order chi connectivity index (χ1) is 10.8. The fourth-order valence-electron chi connectivity index (χ4n) is 2.41. The monoisotopic (exact) mass is 294 g/mol. The molecule has 0 unspecified atom stereocenters. The van der Waals surface area contributed by atoms with Crippen LogP contribution in [-0.4, -0.2) is 18.5 Å². The van der Waals surface area contributed by atoms with Gasteiger partial charge in [0.05, 0.1) is 0 Å². The highest BCUT2D eigenvalue weighted by molar-refractivity contribution is 5.94. The van der Waals surface area contributed by atoms with Gasteiger partial charge in [-0.25, -0.2) is 0 Å². The maximum Gasteiger partial charge on any atom is 0.251 e. The van der Waals surface area contributed by atoms with E-state index in [0.29, 0.717) is 6.04 Å². The van der Waals surface area contributed by atoms with Crippen LogP contribution in [0.25, 0.3) is 0 Å². The Kier molecular flexibility index (Phi) is 4.74. The largest absolute Gasteiger partial charge is 0.385 e. The third kappa shape index (κ3) is 4.35. The lowest BCUT2D eigenvalue weighted by Crippen LogP contribution is -2.25. The quantitative estimate of drug-likeness (QED) is 0.766. The van der Waals surface area contributed by atoms with Gasteiger partial charge in [0, 0.05) is 23.8 Å². The van der Waals surface area contributed by atoms with Crippen molar-refractivity contribution >= 4 is 11.6 Å². The topological polar surface area (TPSA) is 41.1 Å². The van der Waals surface area contributed by atoms with Gasteiger partial charge in [0.15, 0.2) is 0 Å². The minimum atomic E-state index is 0.0399. The Balaban J connectivity index is 1.41. The van der Waals surface area contributed by atoms with E-state index in [4.69, 9.17) is 0 Å². The number of nitrogens with one attached hydrogen (secondary N) is 2. The summed E-state index contributed by atoms with van der Waals surface area (Å²) in [6, 6.07) is 18.7. The van der Waals surface area contributed by atoms with Crippen LogP contribution < -0.4 is 10.6 Å². The molecule has 3 rings (SSSR count). The molecular formula is C19H22N2O. The van der Waals surface area contributed by atoms with Crippen molar-refractivity contribution in [1.29, 1.82) is 0 Å². The summed E-state index contributed by atoms with van der Waals surface area (Å²) in [6.45, 7) is 0.933. The maximum absolute atomic E-state index is 11.9. The molecule has 2 aromatic carbocycles. The number of hydrogen-bond donors (Lipinski definition) is 2. The molecule has 2 N–H and O–H groups in total. The van der Waals surface area contributed by atoms with Crippen molar-refractivity contribution in [3.8, 4) is 0 Å². The molecule has 0 heterocycles. The molecule has 0 aliphatic heterocycles. The van der Waals surface area contributed by atoms with E-state index in [9.17, 15) is 4.79 Å². The first-order valence-electron chi connectivity index (χ1n) is 8.00. The van der Waals surface area contributed by atoms with E-state index in [0.717, 1.165) is 43.5 Å². The third-order valence-corrected chi connectivity index (χ3v) is 3.87. The van der Waals surface area contributed by atoms with Crippen LogP contribution in [0.1, 0.15) is 35.2 Å². The number of carbonyl (C=O) groups is 1. The minimum Gasteiger partial charge on any atom is -0.385 e. The Morgan fingerprint density at radius 2 is 1.73 bits per heavy atom. The summed E-state index contributed by atoms with van der Waals surface area (Å²) in [5.41, 5.74) is 3.18. The number of aryl methyl sites for hydroxylation is 1. The van der Waals surface area contributed by atoms with Crippen molar-refractivity contribution in [2.45, 2.75) is 31.7 Å². The second kappa shape index (κ2) is 7.12. The number of benzene rings is 2. The third-order valence-electron chi connectivity index (χ3n) is 3.87. The molecular weight excluding hydrogens is 272 g/mol. The predicted molar refractivity (Wildman–Crippen MR) is 90.2 cm³/mol. The van der Waals surface area contributed by atoms with Gasteiger partial charge in [0.2, 0.25) is 0 Å². The van der Waals surface area contributed by atoms with Gasteiger partial charge in [-0.2, -0.15) is 0 Å². The zero-order valence-electron chi connectivity index (χ0n) is 12.7. The summed E-state index contributed by atoms with van der Waals surface area (Å²) in [6.07, 6.45) is 4.41. The molecule has 0 atom stereocenters. The molecule has 1 aliphatic carbocycles. The zero-order valence-corrected chi connectivity index (χ0v) is 12.7. The van der Waals surface area contributed by atoms with Gasteiger partial charge in [-0.1, -0.05) is 30.3 Å². The number of anilines is 1. The lowest BCUT2D eigenvalue weighted by atomic mass is 10.1. The Morgan fingerprint density at radius 3 is 2.41 bits per heavy atom. The molecule has 0 spiro atoms. The van der Waals surface area contributed by atoms with Crippen LogP contribution in [0.15, 0.2) is 54.6 Å². The second-order valence-electron chi connectivity index (χ2n) is 5.84. The van der Waals surface area contributed by atoms with Crippen molar-refractivity contribution in [3.05, 3.63) is 65.7 Å². The zero-order chi connectivity index (χ0) is 15.2. The fourth-order valence-corrected chi connectivity index (χ4v) is 2.41. The molecule has 0 radical (unpaired) electrons. The molecule has 3 nitrogen and oxygen atoms in total. The van der Waals surface area contributed by atoms with Crippen LogP contribution in [0.3, 0.4) is 0 Å². The Labute approximate surface area is 131 Å². The summed E-state index contributed by atoms with van der Waals surface area (Å²) in [4.78, 5) is 11.9. The van der Waals surface area contributed by atoms with Crippen LogP contribution in [0.4, 0.5) is 5.69 Å². The van der Waals surface area contributed by atoms with Crippen molar-refractivity contribution in [3.63, 3.8) is 0 Å². The smallest absolute Gasteiger partial charge is 0.251 e. The summed E-state index contributed by atoms with van der Waals surface area (Å²) in [7, 11) is 0. The first kappa shape index (κ1) is 14.6. The molecule has 1 amide bonds. The van der Waals surface area contributed by atoms with Crippen molar-refractivity contribution in [2.75, 3.05) is 11.9 Å². The second-order valence-corrected chi connectivity index (χ2v) is 5.84. The van der Waals surface area contributed by atoms with Crippen LogP contribution in [0.2, 0.25) is 0 Å². The maximum atomic E-state index is 11.9. The number of carbonyl (C=O) groups excluding carboxylic acids is 1. The van der Waals surface area contributed by atoms with Crippen molar-refractivity contribution in [1.82, 2.24) is 5.32 Å². The molecule has 0 aromatic heterocycles. The van der Waals surface area contributed by atoms with Crippen LogP contribution in [-0.2, 0) is 6.42 Å². The van der Waals surface area contributed by atoms with E-state index in [1.807, 2.05) is 30.3 Å². The molecule has 0 saturated heterocycles. The molecule has 1 saturated carbocycles. The van der Waals surface area contributed by atoms with Crippen LogP contribution in [0.5, 0.6) is 0 Å². The standard InChI is InChI=1S/C19H22N2O/c22-19(21-18-12-13-18)16-8-10-17(11-9-16)20-14-4-7-15-5-2-1-3-6-15/h1-3,5-6,8-11,18,20H,4,7,12-14H2,(H,21,22). The van der Waals surface area contributed by atoms with Gasteiger partial charge in [-0.3, -0.25) is 4.79 Å². The average molecular weight is 294 g/mol. The molecule has 22 heavy (non-hydrogen) atoms. The summed E-state index contributed by atoms with van der Waals surface area (Å²) >= 11 is 0. The van der Waals surface area contributed by atoms with Crippen molar-refractivity contribution in [2.24, 2.45) is 0 Å². The SMILES string of the molecule is O=C(NC1CC1)c1ccc(NCCCc2ccccc2)cc1. The lowest BCUT2D eigenvalue weighted by molar-refractivity contribution is 0.0951. The summed E-state index contributed by atoms with van der Waals surface area (Å²) < 4.78 is 0. The van der Waals surface area contributed by atoms with E-state index in [2.05, 4.69) is 34.9 Å². The summed E-state index contributed by atoms with van der Waals surface area (Å²) in [5.74, 6) is 0.0399. The van der Waals surface area contributed by atoms with Gasteiger partial charge >= 0.3 is 0 Å². The molecule has 114 valence electrons. The highest BCUT2D eigenvalue weighted by Gasteiger charge is 2.23. The Bertz CT molecular complexity index is 603. The van der Waals surface area contributed by atoms with Gasteiger partial charge in [0.25, 0.3) is 5.91 Å².